The Labute approximate surface area is 116 Å². The highest BCUT2D eigenvalue weighted by Crippen LogP contribution is 2.21. The van der Waals surface area contributed by atoms with Gasteiger partial charge in [-0.2, -0.15) is 0 Å². The molecule has 0 saturated carbocycles. The van der Waals surface area contributed by atoms with Crippen LogP contribution >= 0.6 is 0 Å². The van der Waals surface area contributed by atoms with Crippen molar-refractivity contribution in [2.45, 2.75) is 33.4 Å². The van der Waals surface area contributed by atoms with Gasteiger partial charge in [-0.3, -0.25) is 4.79 Å². The lowest BCUT2D eigenvalue weighted by Crippen LogP contribution is -2.48. The highest BCUT2D eigenvalue weighted by Gasteiger charge is 2.32. The predicted octanol–water partition coefficient (Wildman–Crippen LogP) is 2.35. The number of carbonyl (C=O) groups excluding carboxylic acids is 1. The molecule has 1 amide bonds. The summed E-state index contributed by atoms with van der Waals surface area (Å²) in [4.78, 5) is 12.1. The first kappa shape index (κ1) is 16.5. The van der Waals surface area contributed by atoms with Crippen LogP contribution < -0.4 is 10.6 Å². The molecule has 0 aliphatic heterocycles. The molecular formula is C14H19F3N2O. The average Bonchev–Trinajstić information content (AvgIpc) is 2.40. The van der Waals surface area contributed by atoms with Crippen molar-refractivity contribution in [1.29, 1.82) is 0 Å². The molecule has 0 aliphatic rings. The van der Waals surface area contributed by atoms with Gasteiger partial charge in [-0.15, -0.1) is 0 Å². The van der Waals surface area contributed by atoms with Crippen molar-refractivity contribution < 1.29 is 18.0 Å². The summed E-state index contributed by atoms with van der Waals surface area (Å²) in [6.45, 7) is 5.31. The smallest absolute Gasteiger partial charge is 0.227 e. The van der Waals surface area contributed by atoms with E-state index in [4.69, 9.17) is 0 Å². The number of rotatable bonds is 5. The van der Waals surface area contributed by atoms with Crippen LogP contribution in [0.5, 0.6) is 0 Å². The molecular weight excluding hydrogens is 269 g/mol. The van der Waals surface area contributed by atoms with Gasteiger partial charge in [0.2, 0.25) is 5.91 Å². The van der Waals surface area contributed by atoms with Crippen LogP contribution in [0.4, 0.5) is 13.2 Å². The van der Waals surface area contributed by atoms with Crippen molar-refractivity contribution in [2.75, 3.05) is 7.05 Å². The Morgan fingerprint density at radius 1 is 1.25 bits per heavy atom. The van der Waals surface area contributed by atoms with Crippen LogP contribution in [0.1, 0.15) is 26.3 Å². The van der Waals surface area contributed by atoms with Crippen LogP contribution in [0.15, 0.2) is 12.1 Å². The molecule has 6 heteroatoms. The minimum atomic E-state index is -1.51. The minimum Gasteiger partial charge on any atom is -0.352 e. The first-order chi connectivity index (χ1) is 9.20. The molecule has 1 aromatic rings. The first-order valence-electron chi connectivity index (χ1n) is 6.29. The summed E-state index contributed by atoms with van der Waals surface area (Å²) in [5.41, 5.74) is -0.519. The van der Waals surface area contributed by atoms with Crippen LogP contribution in [0.25, 0.3) is 0 Å². The summed E-state index contributed by atoms with van der Waals surface area (Å²) in [7, 11) is 1.74. The van der Waals surface area contributed by atoms with Gasteiger partial charge in [0, 0.05) is 12.6 Å². The molecule has 20 heavy (non-hydrogen) atoms. The quantitative estimate of drug-likeness (QED) is 0.817. The molecule has 0 spiro atoms. The lowest BCUT2D eigenvalue weighted by atomic mass is 9.84. The average molecular weight is 288 g/mol. The zero-order valence-electron chi connectivity index (χ0n) is 12.0. The molecule has 1 unspecified atom stereocenters. The van der Waals surface area contributed by atoms with E-state index < -0.39 is 22.9 Å². The van der Waals surface area contributed by atoms with Crippen molar-refractivity contribution in [1.82, 2.24) is 10.6 Å². The fraction of sp³-hybridized carbons (Fsp3) is 0.500. The van der Waals surface area contributed by atoms with Gasteiger partial charge in [-0.25, -0.2) is 13.2 Å². The fourth-order valence-corrected chi connectivity index (χ4v) is 1.68. The Morgan fingerprint density at radius 3 is 2.20 bits per heavy atom. The van der Waals surface area contributed by atoms with E-state index in [-0.39, 0.29) is 24.1 Å². The molecule has 0 aromatic heterocycles. The molecule has 0 fully saturated rings. The number of hydrogen-bond donors (Lipinski definition) is 2. The Morgan fingerprint density at radius 2 is 1.75 bits per heavy atom. The number of hydrogen-bond acceptors (Lipinski definition) is 2. The van der Waals surface area contributed by atoms with Crippen LogP contribution in [-0.4, -0.2) is 19.0 Å². The molecule has 0 aliphatic carbocycles. The molecule has 0 saturated heterocycles. The van der Waals surface area contributed by atoms with E-state index >= 15 is 0 Å². The summed E-state index contributed by atoms with van der Waals surface area (Å²) in [6.07, 6.45) is 0. The topological polar surface area (TPSA) is 41.1 Å². The molecule has 1 aromatic carbocycles. The number of halogens is 3. The van der Waals surface area contributed by atoms with Crippen LogP contribution in [0.3, 0.4) is 0 Å². The van der Waals surface area contributed by atoms with Gasteiger partial charge >= 0.3 is 0 Å². The van der Waals surface area contributed by atoms with Crippen molar-refractivity contribution >= 4 is 5.91 Å². The molecule has 1 rings (SSSR count). The number of nitrogens with one attached hydrogen (secondary N) is 2. The summed E-state index contributed by atoms with van der Waals surface area (Å²) in [6, 6.07) is 1.66. The number of carbonyl (C=O) groups is 1. The SMILES string of the molecule is CNC(C)C(C)(C)C(=O)NCc1cc(F)c(F)c(F)c1. The van der Waals surface area contributed by atoms with Gasteiger partial charge in [0.25, 0.3) is 0 Å². The van der Waals surface area contributed by atoms with Crippen LogP contribution in [0, 0.1) is 22.9 Å². The van der Waals surface area contributed by atoms with E-state index in [9.17, 15) is 18.0 Å². The molecule has 1 atom stereocenters. The second-order valence-electron chi connectivity index (χ2n) is 5.29. The third-order valence-corrected chi connectivity index (χ3v) is 3.60. The van der Waals surface area contributed by atoms with Gasteiger partial charge in [-0.1, -0.05) is 0 Å². The van der Waals surface area contributed by atoms with Gasteiger partial charge in [0.05, 0.1) is 5.41 Å². The summed E-state index contributed by atoms with van der Waals surface area (Å²) < 4.78 is 38.9. The molecule has 0 bridgehead atoms. The van der Waals surface area contributed by atoms with E-state index in [0.29, 0.717) is 0 Å². The van der Waals surface area contributed by atoms with Gasteiger partial charge in [-0.05, 0) is 45.5 Å². The zero-order valence-corrected chi connectivity index (χ0v) is 12.0. The highest BCUT2D eigenvalue weighted by atomic mass is 19.2. The monoisotopic (exact) mass is 288 g/mol. The van der Waals surface area contributed by atoms with Crippen molar-refractivity contribution in [3.8, 4) is 0 Å². The Hall–Kier alpha value is -1.56. The normalized spacial score (nSPS) is 13.2. The third kappa shape index (κ3) is 3.50. The molecule has 3 nitrogen and oxygen atoms in total. The second-order valence-corrected chi connectivity index (χ2v) is 5.29. The van der Waals surface area contributed by atoms with E-state index in [1.54, 1.807) is 20.9 Å². The molecule has 0 radical (unpaired) electrons. The molecule has 112 valence electrons. The lowest BCUT2D eigenvalue weighted by Gasteiger charge is -2.30. The van der Waals surface area contributed by atoms with Crippen molar-refractivity contribution in [3.63, 3.8) is 0 Å². The minimum absolute atomic E-state index is 0.0627. The fourth-order valence-electron chi connectivity index (χ4n) is 1.68. The van der Waals surface area contributed by atoms with Crippen molar-refractivity contribution in [2.24, 2.45) is 5.41 Å². The summed E-state index contributed by atoms with van der Waals surface area (Å²) in [5.74, 6) is -4.30. The largest absolute Gasteiger partial charge is 0.352 e. The van der Waals surface area contributed by atoms with E-state index in [1.807, 2.05) is 6.92 Å². The van der Waals surface area contributed by atoms with Crippen molar-refractivity contribution in [3.05, 3.63) is 35.1 Å². The Kier molecular flexibility index (Phi) is 5.16. The maximum Gasteiger partial charge on any atom is 0.227 e. The number of amides is 1. The Bertz CT molecular complexity index is 480. The van der Waals surface area contributed by atoms with E-state index in [1.165, 1.54) is 0 Å². The second kappa shape index (κ2) is 6.26. The van der Waals surface area contributed by atoms with Gasteiger partial charge in [0.1, 0.15) is 0 Å². The maximum atomic E-state index is 13.0. The predicted molar refractivity (Wildman–Crippen MR) is 70.5 cm³/mol. The number of benzene rings is 1. The summed E-state index contributed by atoms with van der Waals surface area (Å²) in [5, 5.41) is 5.57. The van der Waals surface area contributed by atoms with E-state index in [2.05, 4.69) is 10.6 Å². The zero-order chi connectivity index (χ0) is 15.5. The Balaban J connectivity index is 2.75. The molecule has 0 heterocycles. The summed E-state index contributed by atoms with van der Waals surface area (Å²) >= 11 is 0. The third-order valence-electron chi connectivity index (χ3n) is 3.60. The van der Waals surface area contributed by atoms with Gasteiger partial charge < -0.3 is 10.6 Å². The first-order valence-corrected chi connectivity index (χ1v) is 6.29. The maximum absolute atomic E-state index is 13.0. The standard InChI is InChI=1S/C14H19F3N2O/c1-8(18-4)14(2,3)13(20)19-7-9-5-10(15)12(17)11(16)6-9/h5-6,8,18H,7H2,1-4H3,(H,19,20). The highest BCUT2D eigenvalue weighted by molar-refractivity contribution is 5.82. The van der Waals surface area contributed by atoms with E-state index in [0.717, 1.165) is 12.1 Å². The van der Waals surface area contributed by atoms with Crippen LogP contribution in [-0.2, 0) is 11.3 Å². The lowest BCUT2D eigenvalue weighted by molar-refractivity contribution is -0.130. The molecule has 2 N–H and O–H groups in total. The van der Waals surface area contributed by atoms with Gasteiger partial charge in [0.15, 0.2) is 17.5 Å². The van der Waals surface area contributed by atoms with Crippen LogP contribution in [0.2, 0.25) is 0 Å².